The molecule has 2 rings (SSSR count). The predicted octanol–water partition coefficient (Wildman–Crippen LogP) is 2.37. The standard InChI is InChI=1S/C11H14N2O/c1-9(14)10-7-12-13(8-10)11-5-3-2-4-6-11/h3,5,7-8,11H,2,4,6H2,1H3. The van der Waals surface area contributed by atoms with Gasteiger partial charge in [-0.2, -0.15) is 5.10 Å². The van der Waals surface area contributed by atoms with Gasteiger partial charge in [0, 0.05) is 6.20 Å². The highest BCUT2D eigenvalue weighted by Crippen LogP contribution is 2.21. The molecular weight excluding hydrogens is 176 g/mol. The summed E-state index contributed by atoms with van der Waals surface area (Å²) >= 11 is 0. The molecule has 1 aliphatic carbocycles. The maximum absolute atomic E-state index is 11.1. The second-order valence-corrected chi connectivity index (χ2v) is 3.69. The third-order valence-corrected chi connectivity index (χ3v) is 2.58. The van der Waals surface area contributed by atoms with E-state index in [0.717, 1.165) is 12.8 Å². The zero-order chi connectivity index (χ0) is 9.97. The molecule has 0 saturated carbocycles. The van der Waals surface area contributed by atoms with Gasteiger partial charge < -0.3 is 0 Å². The molecule has 0 aliphatic heterocycles. The van der Waals surface area contributed by atoms with Crippen LogP contribution in [-0.4, -0.2) is 15.6 Å². The first kappa shape index (κ1) is 9.19. The first-order chi connectivity index (χ1) is 6.77. The van der Waals surface area contributed by atoms with Gasteiger partial charge in [-0.3, -0.25) is 9.48 Å². The summed E-state index contributed by atoms with van der Waals surface area (Å²) in [7, 11) is 0. The van der Waals surface area contributed by atoms with Gasteiger partial charge in [0.2, 0.25) is 0 Å². The molecule has 1 aromatic heterocycles. The molecule has 1 atom stereocenters. The van der Waals surface area contributed by atoms with E-state index in [4.69, 9.17) is 0 Å². The van der Waals surface area contributed by atoms with Crippen LogP contribution in [0.4, 0.5) is 0 Å². The quantitative estimate of drug-likeness (QED) is 0.530. The van der Waals surface area contributed by atoms with Crippen LogP contribution in [0.15, 0.2) is 24.5 Å². The highest BCUT2D eigenvalue weighted by molar-refractivity contribution is 5.93. The van der Waals surface area contributed by atoms with Gasteiger partial charge in [0.15, 0.2) is 5.78 Å². The summed E-state index contributed by atoms with van der Waals surface area (Å²) in [6, 6.07) is 0.344. The number of carbonyl (C=O) groups excluding carboxylic acids is 1. The molecule has 74 valence electrons. The summed E-state index contributed by atoms with van der Waals surface area (Å²) < 4.78 is 1.88. The Morgan fingerprint density at radius 3 is 3.07 bits per heavy atom. The Hall–Kier alpha value is -1.38. The number of carbonyl (C=O) groups is 1. The lowest BCUT2D eigenvalue weighted by molar-refractivity contribution is 0.101. The van der Waals surface area contributed by atoms with Gasteiger partial charge in [-0.25, -0.2) is 0 Å². The molecule has 14 heavy (non-hydrogen) atoms. The number of hydrogen-bond acceptors (Lipinski definition) is 2. The first-order valence-electron chi connectivity index (χ1n) is 4.99. The molecule has 0 fully saturated rings. The van der Waals surface area contributed by atoms with Crippen molar-refractivity contribution in [1.82, 2.24) is 9.78 Å². The molecule has 0 spiro atoms. The van der Waals surface area contributed by atoms with Gasteiger partial charge in [0.1, 0.15) is 0 Å². The van der Waals surface area contributed by atoms with Crippen molar-refractivity contribution in [3.05, 3.63) is 30.1 Å². The number of aromatic nitrogens is 2. The summed E-state index contributed by atoms with van der Waals surface area (Å²) in [5.74, 6) is 0.0797. The number of hydrogen-bond donors (Lipinski definition) is 0. The fourth-order valence-electron chi connectivity index (χ4n) is 1.72. The Morgan fingerprint density at radius 1 is 1.64 bits per heavy atom. The van der Waals surface area contributed by atoms with E-state index in [2.05, 4.69) is 17.3 Å². The molecule has 0 N–H and O–H groups in total. The van der Waals surface area contributed by atoms with Gasteiger partial charge in [0.25, 0.3) is 0 Å². The van der Waals surface area contributed by atoms with E-state index in [1.807, 2.05) is 10.9 Å². The van der Waals surface area contributed by atoms with Crippen LogP contribution >= 0.6 is 0 Å². The van der Waals surface area contributed by atoms with Crippen LogP contribution in [0.25, 0.3) is 0 Å². The van der Waals surface area contributed by atoms with Crippen molar-refractivity contribution >= 4 is 5.78 Å². The van der Waals surface area contributed by atoms with Crippen molar-refractivity contribution < 1.29 is 4.79 Å². The van der Waals surface area contributed by atoms with E-state index in [1.54, 1.807) is 13.1 Å². The summed E-state index contributed by atoms with van der Waals surface area (Å²) in [4.78, 5) is 11.1. The highest BCUT2D eigenvalue weighted by Gasteiger charge is 2.12. The minimum Gasteiger partial charge on any atom is -0.294 e. The normalized spacial score (nSPS) is 21.1. The molecule has 1 unspecified atom stereocenters. The van der Waals surface area contributed by atoms with E-state index in [0.29, 0.717) is 11.6 Å². The summed E-state index contributed by atoms with van der Waals surface area (Å²) in [6.45, 7) is 1.57. The van der Waals surface area contributed by atoms with Crippen LogP contribution in [0.3, 0.4) is 0 Å². The van der Waals surface area contributed by atoms with Crippen LogP contribution in [0.1, 0.15) is 42.6 Å². The highest BCUT2D eigenvalue weighted by atomic mass is 16.1. The third-order valence-electron chi connectivity index (χ3n) is 2.58. The van der Waals surface area contributed by atoms with Gasteiger partial charge in [0.05, 0.1) is 17.8 Å². The second kappa shape index (κ2) is 3.78. The minimum absolute atomic E-state index is 0.0797. The van der Waals surface area contributed by atoms with Crippen molar-refractivity contribution in [2.75, 3.05) is 0 Å². The Bertz CT molecular complexity index is 365. The molecule has 3 nitrogen and oxygen atoms in total. The molecule has 0 aromatic carbocycles. The van der Waals surface area contributed by atoms with E-state index in [1.165, 1.54) is 6.42 Å². The van der Waals surface area contributed by atoms with E-state index >= 15 is 0 Å². The number of allylic oxidation sites excluding steroid dienone is 2. The molecule has 0 amide bonds. The van der Waals surface area contributed by atoms with Crippen molar-refractivity contribution in [3.8, 4) is 0 Å². The van der Waals surface area contributed by atoms with Crippen LogP contribution in [0, 0.1) is 0 Å². The van der Waals surface area contributed by atoms with Gasteiger partial charge in [-0.15, -0.1) is 0 Å². The van der Waals surface area contributed by atoms with Gasteiger partial charge in [-0.05, 0) is 26.2 Å². The molecule has 0 radical (unpaired) electrons. The largest absolute Gasteiger partial charge is 0.294 e. The monoisotopic (exact) mass is 190 g/mol. The van der Waals surface area contributed by atoms with Gasteiger partial charge in [-0.1, -0.05) is 12.2 Å². The smallest absolute Gasteiger partial charge is 0.162 e. The Labute approximate surface area is 83.4 Å². The summed E-state index contributed by atoms with van der Waals surface area (Å²) in [5, 5.41) is 4.21. The summed E-state index contributed by atoms with van der Waals surface area (Å²) in [6.07, 6.45) is 11.3. The average Bonchev–Trinajstić information content (AvgIpc) is 2.68. The maximum Gasteiger partial charge on any atom is 0.162 e. The number of rotatable bonds is 2. The van der Waals surface area contributed by atoms with Crippen LogP contribution in [-0.2, 0) is 0 Å². The van der Waals surface area contributed by atoms with E-state index in [-0.39, 0.29) is 5.78 Å². The topological polar surface area (TPSA) is 34.9 Å². The SMILES string of the molecule is CC(=O)c1cnn(C2C=CCCC2)c1. The van der Waals surface area contributed by atoms with Crippen molar-refractivity contribution in [1.29, 1.82) is 0 Å². The van der Waals surface area contributed by atoms with Crippen molar-refractivity contribution in [2.24, 2.45) is 0 Å². The fourth-order valence-corrected chi connectivity index (χ4v) is 1.72. The fraction of sp³-hybridized carbons (Fsp3) is 0.455. The average molecular weight is 190 g/mol. The Kier molecular flexibility index (Phi) is 2.48. The van der Waals surface area contributed by atoms with E-state index in [9.17, 15) is 4.79 Å². The molecule has 1 aromatic rings. The number of Topliss-reactive ketones (excluding diaryl/α,β-unsaturated/α-hetero) is 1. The molecule has 1 aliphatic rings. The molecule has 0 bridgehead atoms. The van der Waals surface area contributed by atoms with Crippen LogP contribution in [0.2, 0.25) is 0 Å². The lowest BCUT2D eigenvalue weighted by Crippen LogP contribution is -2.09. The van der Waals surface area contributed by atoms with Gasteiger partial charge >= 0.3 is 0 Å². The predicted molar refractivity (Wildman–Crippen MR) is 54.3 cm³/mol. The van der Waals surface area contributed by atoms with Crippen molar-refractivity contribution in [2.45, 2.75) is 32.2 Å². The maximum atomic E-state index is 11.1. The lowest BCUT2D eigenvalue weighted by Gasteiger charge is -2.16. The first-order valence-corrected chi connectivity index (χ1v) is 4.99. The molecule has 1 heterocycles. The molecule has 3 heteroatoms. The number of nitrogens with zero attached hydrogens (tertiary/aromatic N) is 2. The molecular formula is C11H14N2O. The summed E-state index contributed by atoms with van der Waals surface area (Å²) in [5.41, 5.74) is 0.698. The van der Waals surface area contributed by atoms with Crippen LogP contribution in [0.5, 0.6) is 0 Å². The third kappa shape index (κ3) is 1.76. The van der Waals surface area contributed by atoms with Crippen LogP contribution < -0.4 is 0 Å². The lowest BCUT2D eigenvalue weighted by atomic mass is 10.0. The second-order valence-electron chi connectivity index (χ2n) is 3.69. The Morgan fingerprint density at radius 2 is 2.50 bits per heavy atom. The van der Waals surface area contributed by atoms with Crippen molar-refractivity contribution in [3.63, 3.8) is 0 Å². The zero-order valence-electron chi connectivity index (χ0n) is 8.31. The Balaban J connectivity index is 2.19. The van der Waals surface area contributed by atoms with E-state index < -0.39 is 0 Å². The molecule has 0 saturated heterocycles. The number of ketones is 1. The minimum atomic E-state index is 0.0797. The zero-order valence-corrected chi connectivity index (χ0v) is 8.31.